The minimum Gasteiger partial charge on any atom is -0.298 e. The van der Waals surface area contributed by atoms with Crippen LogP contribution in [0.4, 0.5) is 5.13 Å². The van der Waals surface area contributed by atoms with Crippen LogP contribution in [0.2, 0.25) is 5.02 Å². The Hall–Kier alpha value is -1.44. The zero-order valence-electron chi connectivity index (χ0n) is 11.2. The Morgan fingerprint density at radius 3 is 2.73 bits per heavy atom. The summed E-state index contributed by atoms with van der Waals surface area (Å²) in [6.07, 6.45) is 0. The maximum atomic E-state index is 12.3. The van der Waals surface area contributed by atoms with Crippen molar-refractivity contribution in [2.45, 2.75) is 0 Å². The minimum absolute atomic E-state index is 0.208. The average Bonchev–Trinajstić information content (AvgIpc) is 2.99. The molecule has 110 valence electrons. The summed E-state index contributed by atoms with van der Waals surface area (Å²) >= 11 is 9.46. The zero-order chi connectivity index (χ0) is 15.5. The van der Waals surface area contributed by atoms with E-state index < -0.39 is 0 Å². The van der Waals surface area contributed by atoms with Gasteiger partial charge in [-0.25, -0.2) is 4.98 Å². The second-order valence-electron chi connectivity index (χ2n) is 4.48. The molecule has 0 aliphatic rings. The number of hydrogen-bond acceptors (Lipinski definition) is 3. The molecule has 0 fully saturated rings. The van der Waals surface area contributed by atoms with Gasteiger partial charge in [-0.3, -0.25) is 10.1 Å². The predicted octanol–water partition coefficient (Wildman–Crippen LogP) is 5.32. The lowest BCUT2D eigenvalue weighted by Gasteiger charge is -2.04. The third-order valence-electron chi connectivity index (χ3n) is 2.97. The molecule has 3 aromatic rings. The van der Waals surface area contributed by atoms with Crippen LogP contribution in [0.15, 0.2) is 53.9 Å². The van der Waals surface area contributed by atoms with Crippen LogP contribution in [-0.4, -0.2) is 10.9 Å². The van der Waals surface area contributed by atoms with Gasteiger partial charge >= 0.3 is 0 Å². The summed E-state index contributed by atoms with van der Waals surface area (Å²) in [5, 5.41) is 5.85. The SMILES string of the molecule is O=C(Nc1nc(-c2ccccc2)cs1)c1cc(Cl)ccc1I. The minimum atomic E-state index is -0.208. The molecule has 0 saturated heterocycles. The van der Waals surface area contributed by atoms with Crippen molar-refractivity contribution in [3.8, 4) is 11.3 Å². The monoisotopic (exact) mass is 440 g/mol. The number of benzene rings is 2. The molecular weight excluding hydrogens is 431 g/mol. The van der Waals surface area contributed by atoms with E-state index in [2.05, 4.69) is 32.9 Å². The van der Waals surface area contributed by atoms with E-state index in [4.69, 9.17) is 11.6 Å². The summed E-state index contributed by atoms with van der Waals surface area (Å²) in [4.78, 5) is 16.8. The number of carbonyl (C=O) groups excluding carboxylic acids is 1. The summed E-state index contributed by atoms with van der Waals surface area (Å²) in [7, 11) is 0. The molecule has 0 aliphatic carbocycles. The smallest absolute Gasteiger partial charge is 0.258 e. The normalized spacial score (nSPS) is 10.5. The quantitative estimate of drug-likeness (QED) is 0.560. The summed E-state index contributed by atoms with van der Waals surface area (Å²) in [6, 6.07) is 15.1. The second-order valence-corrected chi connectivity index (χ2v) is 6.94. The van der Waals surface area contributed by atoms with Crippen LogP contribution in [0.3, 0.4) is 0 Å². The highest BCUT2D eigenvalue weighted by molar-refractivity contribution is 14.1. The average molecular weight is 441 g/mol. The molecule has 1 aromatic heterocycles. The van der Waals surface area contributed by atoms with Gasteiger partial charge in [0.25, 0.3) is 5.91 Å². The molecule has 1 amide bonds. The first-order valence-corrected chi connectivity index (χ1v) is 8.74. The summed E-state index contributed by atoms with van der Waals surface area (Å²) in [6.45, 7) is 0. The molecule has 0 aliphatic heterocycles. The molecule has 1 heterocycles. The van der Waals surface area contributed by atoms with Gasteiger partial charge in [0.05, 0.1) is 11.3 Å². The van der Waals surface area contributed by atoms with Crippen LogP contribution in [-0.2, 0) is 0 Å². The third-order valence-corrected chi connectivity index (χ3v) is 4.90. The molecule has 0 spiro atoms. The van der Waals surface area contributed by atoms with Crippen molar-refractivity contribution in [3.05, 3.63) is 68.1 Å². The van der Waals surface area contributed by atoms with Gasteiger partial charge in [-0.05, 0) is 40.8 Å². The van der Waals surface area contributed by atoms with Crippen molar-refractivity contribution >= 4 is 56.6 Å². The number of hydrogen-bond donors (Lipinski definition) is 1. The van der Waals surface area contributed by atoms with E-state index in [0.717, 1.165) is 14.8 Å². The van der Waals surface area contributed by atoms with E-state index in [1.165, 1.54) is 11.3 Å². The third kappa shape index (κ3) is 3.48. The number of anilines is 1. The number of halogens is 2. The lowest BCUT2D eigenvalue weighted by atomic mass is 10.2. The fourth-order valence-electron chi connectivity index (χ4n) is 1.91. The zero-order valence-corrected chi connectivity index (χ0v) is 14.9. The number of nitrogens with zero attached hydrogens (tertiary/aromatic N) is 1. The van der Waals surface area contributed by atoms with E-state index in [1.54, 1.807) is 12.1 Å². The molecule has 0 atom stereocenters. The Bertz CT molecular complexity index is 820. The van der Waals surface area contributed by atoms with E-state index in [9.17, 15) is 4.79 Å². The first kappa shape index (κ1) is 15.5. The van der Waals surface area contributed by atoms with Gasteiger partial charge in [0.1, 0.15) is 0 Å². The van der Waals surface area contributed by atoms with Gasteiger partial charge in [-0.15, -0.1) is 11.3 Å². The molecule has 0 unspecified atom stereocenters. The second kappa shape index (κ2) is 6.76. The number of nitrogens with one attached hydrogen (secondary N) is 1. The van der Waals surface area contributed by atoms with Crippen molar-refractivity contribution in [1.29, 1.82) is 0 Å². The van der Waals surface area contributed by atoms with Crippen LogP contribution in [0, 0.1) is 3.57 Å². The summed E-state index contributed by atoms with van der Waals surface area (Å²) in [5.41, 5.74) is 2.42. The Morgan fingerprint density at radius 1 is 1.18 bits per heavy atom. The maximum absolute atomic E-state index is 12.3. The van der Waals surface area contributed by atoms with E-state index >= 15 is 0 Å². The number of rotatable bonds is 3. The van der Waals surface area contributed by atoms with Gasteiger partial charge in [-0.1, -0.05) is 41.9 Å². The summed E-state index contributed by atoms with van der Waals surface area (Å²) < 4.78 is 0.847. The molecule has 3 nitrogen and oxygen atoms in total. The van der Waals surface area contributed by atoms with E-state index in [0.29, 0.717) is 15.7 Å². The largest absolute Gasteiger partial charge is 0.298 e. The Labute approximate surface area is 150 Å². The number of thiazole rings is 1. The summed E-state index contributed by atoms with van der Waals surface area (Å²) in [5.74, 6) is -0.208. The van der Waals surface area contributed by atoms with Crippen molar-refractivity contribution in [3.63, 3.8) is 0 Å². The first-order chi connectivity index (χ1) is 10.6. The van der Waals surface area contributed by atoms with Gasteiger partial charge in [-0.2, -0.15) is 0 Å². The predicted molar refractivity (Wildman–Crippen MR) is 99.7 cm³/mol. The molecule has 0 saturated carbocycles. The maximum Gasteiger partial charge on any atom is 0.258 e. The van der Waals surface area contributed by atoms with Crippen LogP contribution >= 0.6 is 45.5 Å². The van der Waals surface area contributed by atoms with Gasteiger partial charge in [0.15, 0.2) is 5.13 Å². The first-order valence-electron chi connectivity index (χ1n) is 6.41. The molecule has 6 heteroatoms. The Balaban J connectivity index is 1.81. The van der Waals surface area contributed by atoms with Crippen LogP contribution < -0.4 is 5.32 Å². The molecule has 1 N–H and O–H groups in total. The highest BCUT2D eigenvalue weighted by Gasteiger charge is 2.13. The lowest BCUT2D eigenvalue weighted by molar-refractivity contribution is 0.102. The highest BCUT2D eigenvalue weighted by atomic mass is 127. The molecule has 3 rings (SSSR count). The molecule has 0 bridgehead atoms. The van der Waals surface area contributed by atoms with Gasteiger partial charge < -0.3 is 0 Å². The molecular formula is C16H10ClIN2OS. The Morgan fingerprint density at radius 2 is 1.95 bits per heavy atom. The van der Waals surface area contributed by atoms with Gasteiger partial charge in [0, 0.05) is 19.5 Å². The number of aromatic nitrogens is 1. The van der Waals surface area contributed by atoms with Crippen molar-refractivity contribution in [1.82, 2.24) is 4.98 Å². The van der Waals surface area contributed by atoms with E-state index in [-0.39, 0.29) is 5.91 Å². The number of carbonyl (C=O) groups is 1. The van der Waals surface area contributed by atoms with E-state index in [1.807, 2.05) is 41.8 Å². The van der Waals surface area contributed by atoms with Crippen molar-refractivity contribution < 1.29 is 4.79 Å². The van der Waals surface area contributed by atoms with Crippen LogP contribution in [0.1, 0.15) is 10.4 Å². The molecule has 0 radical (unpaired) electrons. The Kier molecular flexibility index (Phi) is 4.75. The standard InChI is InChI=1S/C16H10ClIN2OS/c17-11-6-7-13(18)12(8-11)15(21)20-16-19-14(9-22-16)10-4-2-1-3-5-10/h1-9H,(H,19,20,21). The van der Waals surface area contributed by atoms with Crippen molar-refractivity contribution in [2.75, 3.05) is 5.32 Å². The molecule has 22 heavy (non-hydrogen) atoms. The number of amides is 1. The fraction of sp³-hybridized carbons (Fsp3) is 0. The van der Waals surface area contributed by atoms with Gasteiger partial charge in [0.2, 0.25) is 0 Å². The molecule has 2 aromatic carbocycles. The lowest BCUT2D eigenvalue weighted by Crippen LogP contribution is -2.13. The highest BCUT2D eigenvalue weighted by Crippen LogP contribution is 2.26. The van der Waals surface area contributed by atoms with Crippen LogP contribution in [0.25, 0.3) is 11.3 Å². The fourth-order valence-corrected chi connectivity index (χ4v) is 3.38. The van der Waals surface area contributed by atoms with Crippen molar-refractivity contribution in [2.24, 2.45) is 0 Å². The van der Waals surface area contributed by atoms with Crippen LogP contribution in [0.5, 0.6) is 0 Å². The topological polar surface area (TPSA) is 42.0 Å².